The van der Waals surface area contributed by atoms with Crippen molar-refractivity contribution in [3.8, 4) is 0 Å². The summed E-state index contributed by atoms with van der Waals surface area (Å²) in [6.45, 7) is 1.91. The normalized spacial score (nSPS) is 14.5. The van der Waals surface area contributed by atoms with E-state index >= 15 is 0 Å². The Morgan fingerprint density at radius 3 is 2.16 bits per heavy atom. The monoisotopic (exact) mass is 445 g/mol. The molecule has 0 aromatic heterocycles. The highest BCUT2D eigenvalue weighted by Gasteiger charge is 2.25. The largest absolute Gasteiger partial charge is 0.339 e. The summed E-state index contributed by atoms with van der Waals surface area (Å²) >= 11 is 0. The number of piperazine rings is 1. The van der Waals surface area contributed by atoms with E-state index in [-0.39, 0.29) is 16.7 Å². The van der Waals surface area contributed by atoms with Crippen molar-refractivity contribution in [3.05, 3.63) is 65.7 Å². The molecule has 0 unspecified atom stereocenters. The highest BCUT2D eigenvalue weighted by molar-refractivity contribution is 7.89. The molecule has 0 spiro atoms. The highest BCUT2D eigenvalue weighted by atomic mass is 32.2. The van der Waals surface area contributed by atoms with Gasteiger partial charge in [0.1, 0.15) is 0 Å². The fourth-order valence-corrected chi connectivity index (χ4v) is 4.33. The molecule has 0 aliphatic carbocycles. The van der Waals surface area contributed by atoms with Crippen LogP contribution < -0.4 is 4.89 Å². The Labute approximate surface area is 182 Å². The number of amides is 2. The van der Waals surface area contributed by atoms with Crippen molar-refractivity contribution in [2.24, 2.45) is 0 Å². The number of sulfonamides is 1. The van der Waals surface area contributed by atoms with Crippen LogP contribution in [0.4, 0.5) is 0 Å². The lowest BCUT2D eigenvalue weighted by atomic mass is 10.1. The molecule has 1 aliphatic heterocycles. The molecular weight excluding hydrogens is 418 g/mol. The fraction of sp³-hybridized carbons (Fsp3) is 0.364. The van der Waals surface area contributed by atoms with Gasteiger partial charge in [-0.2, -0.15) is 0 Å². The molecular formula is C22H27N3O5S. The van der Waals surface area contributed by atoms with Crippen LogP contribution in [0, 0.1) is 0 Å². The topological polar surface area (TPSA) is 96.0 Å². The van der Waals surface area contributed by atoms with Crippen molar-refractivity contribution in [1.29, 1.82) is 0 Å². The molecule has 8 nitrogen and oxygen atoms in total. The van der Waals surface area contributed by atoms with Gasteiger partial charge in [0.2, 0.25) is 5.91 Å². The van der Waals surface area contributed by atoms with E-state index in [0.717, 1.165) is 12.8 Å². The summed E-state index contributed by atoms with van der Waals surface area (Å²) in [5, 5.41) is 0. The van der Waals surface area contributed by atoms with Gasteiger partial charge in [-0.25, -0.2) is 8.42 Å². The molecule has 1 heterocycles. The zero-order chi connectivity index (χ0) is 22.3. The molecule has 1 fully saturated rings. The van der Waals surface area contributed by atoms with E-state index in [4.69, 9.17) is 0 Å². The maximum atomic E-state index is 12.7. The Morgan fingerprint density at radius 1 is 0.935 bits per heavy atom. The van der Waals surface area contributed by atoms with Crippen molar-refractivity contribution < 1.29 is 22.8 Å². The Kier molecular flexibility index (Phi) is 7.78. The van der Waals surface area contributed by atoms with Crippen LogP contribution in [0.3, 0.4) is 0 Å². The predicted octanol–water partition coefficient (Wildman–Crippen LogP) is 1.83. The van der Waals surface area contributed by atoms with E-state index in [1.165, 1.54) is 36.9 Å². The van der Waals surface area contributed by atoms with E-state index in [9.17, 15) is 18.0 Å². The number of nitrogens with one attached hydrogen (secondary N) is 1. The third kappa shape index (κ3) is 6.13. The summed E-state index contributed by atoms with van der Waals surface area (Å²) < 4.78 is 23.8. The molecule has 0 radical (unpaired) electrons. The molecule has 1 saturated heterocycles. The second kappa shape index (κ2) is 10.5. The van der Waals surface area contributed by atoms with Crippen molar-refractivity contribution >= 4 is 21.8 Å². The van der Waals surface area contributed by atoms with Crippen LogP contribution in [0.1, 0.15) is 28.8 Å². The lowest BCUT2D eigenvalue weighted by Crippen LogP contribution is -2.50. The molecule has 3 rings (SSSR count). The van der Waals surface area contributed by atoms with Gasteiger partial charge in [-0.3, -0.25) is 14.4 Å². The summed E-state index contributed by atoms with van der Waals surface area (Å²) in [6.07, 6.45) is 2.17. The Hall–Kier alpha value is -2.75. The average molecular weight is 446 g/mol. The zero-order valence-electron chi connectivity index (χ0n) is 17.5. The van der Waals surface area contributed by atoms with Crippen LogP contribution in [0.25, 0.3) is 0 Å². The summed E-state index contributed by atoms with van der Waals surface area (Å²) in [4.78, 5) is 35.1. The lowest BCUT2D eigenvalue weighted by molar-refractivity contribution is -0.132. The Morgan fingerprint density at radius 2 is 1.55 bits per heavy atom. The number of hydrogen-bond donors (Lipinski definition) is 1. The van der Waals surface area contributed by atoms with Crippen molar-refractivity contribution in [3.63, 3.8) is 0 Å². The van der Waals surface area contributed by atoms with E-state index in [0.29, 0.717) is 38.2 Å². The van der Waals surface area contributed by atoms with Crippen LogP contribution in [0.5, 0.6) is 0 Å². The third-order valence-electron chi connectivity index (χ3n) is 5.22. The first-order valence-corrected chi connectivity index (χ1v) is 11.6. The number of benzene rings is 2. The number of aryl methyl sites for hydroxylation is 1. The van der Waals surface area contributed by atoms with Gasteiger partial charge in [-0.15, -0.1) is 0 Å². The quantitative estimate of drug-likeness (QED) is 0.626. The first-order chi connectivity index (χ1) is 14.9. The second-order valence-electron chi connectivity index (χ2n) is 7.33. The maximum absolute atomic E-state index is 12.7. The molecule has 2 aromatic carbocycles. The van der Waals surface area contributed by atoms with E-state index in [1.807, 2.05) is 23.1 Å². The first-order valence-electron chi connectivity index (χ1n) is 10.2. The molecule has 0 saturated carbocycles. The Balaban J connectivity index is 1.47. The van der Waals surface area contributed by atoms with Crippen LogP contribution in [0.15, 0.2) is 59.5 Å². The van der Waals surface area contributed by atoms with Gasteiger partial charge in [0.05, 0.1) is 12.0 Å². The van der Waals surface area contributed by atoms with Gasteiger partial charge in [0.25, 0.3) is 15.9 Å². The number of nitrogens with zero attached hydrogens (tertiary/aromatic N) is 2. The van der Waals surface area contributed by atoms with E-state index < -0.39 is 10.0 Å². The number of rotatable bonds is 8. The molecule has 31 heavy (non-hydrogen) atoms. The van der Waals surface area contributed by atoms with Gasteiger partial charge in [-0.05, 0) is 42.7 Å². The van der Waals surface area contributed by atoms with E-state index in [1.54, 1.807) is 9.80 Å². The second-order valence-corrected chi connectivity index (χ2v) is 8.97. The van der Waals surface area contributed by atoms with E-state index in [2.05, 4.69) is 17.0 Å². The van der Waals surface area contributed by atoms with Gasteiger partial charge < -0.3 is 9.80 Å². The van der Waals surface area contributed by atoms with Gasteiger partial charge >= 0.3 is 0 Å². The first kappa shape index (κ1) is 22.9. The molecule has 0 atom stereocenters. The number of carbonyl (C=O) groups is 2. The Bertz CT molecular complexity index is 986. The van der Waals surface area contributed by atoms with Crippen molar-refractivity contribution in [2.75, 3.05) is 33.3 Å². The molecule has 166 valence electrons. The minimum Gasteiger partial charge on any atom is -0.339 e. The highest BCUT2D eigenvalue weighted by Crippen LogP contribution is 2.14. The zero-order valence-corrected chi connectivity index (χ0v) is 18.3. The summed E-state index contributed by atoms with van der Waals surface area (Å²) in [5.74, 6) is -0.0666. The SMILES string of the molecule is CONS(=O)(=O)c1ccc(C(=O)N2CCN(C(=O)CCCc3ccccc3)CC2)cc1. The standard InChI is InChI=1S/C22H27N3O5S/c1-30-23-31(28,29)20-12-10-19(11-13-20)22(27)25-16-14-24(15-17-25)21(26)9-5-8-18-6-3-2-4-7-18/h2-4,6-7,10-13,23H,5,8-9,14-17H2,1H3. The molecule has 0 bridgehead atoms. The summed E-state index contributed by atoms with van der Waals surface area (Å²) in [7, 11) is -2.55. The molecule has 2 amide bonds. The van der Waals surface area contributed by atoms with Crippen molar-refractivity contribution in [1.82, 2.24) is 14.7 Å². The maximum Gasteiger partial charge on any atom is 0.262 e. The van der Waals surface area contributed by atoms with Crippen LogP contribution in [0.2, 0.25) is 0 Å². The van der Waals surface area contributed by atoms with Crippen LogP contribution >= 0.6 is 0 Å². The lowest BCUT2D eigenvalue weighted by Gasteiger charge is -2.35. The summed E-state index contributed by atoms with van der Waals surface area (Å²) in [5.41, 5.74) is 1.63. The smallest absolute Gasteiger partial charge is 0.262 e. The molecule has 9 heteroatoms. The van der Waals surface area contributed by atoms with Gasteiger partial charge in [0, 0.05) is 38.2 Å². The predicted molar refractivity (Wildman–Crippen MR) is 116 cm³/mol. The number of hydrogen-bond acceptors (Lipinski definition) is 5. The summed E-state index contributed by atoms with van der Waals surface area (Å²) in [6, 6.07) is 15.8. The average Bonchev–Trinajstić information content (AvgIpc) is 2.79. The minimum atomic E-state index is -3.76. The third-order valence-corrected chi connectivity index (χ3v) is 6.50. The molecule has 2 aromatic rings. The number of carbonyl (C=O) groups excluding carboxylic acids is 2. The fourth-order valence-electron chi connectivity index (χ4n) is 3.52. The van der Waals surface area contributed by atoms with Gasteiger partial charge in [0.15, 0.2) is 0 Å². The van der Waals surface area contributed by atoms with Crippen LogP contribution in [-0.2, 0) is 26.1 Å². The minimum absolute atomic E-state index is 0.0109. The molecule has 1 aliphatic rings. The van der Waals surface area contributed by atoms with Gasteiger partial charge in [-0.1, -0.05) is 35.2 Å². The molecule has 1 N–H and O–H groups in total. The van der Waals surface area contributed by atoms with Crippen LogP contribution in [-0.4, -0.2) is 63.3 Å². The van der Waals surface area contributed by atoms with Crippen molar-refractivity contribution in [2.45, 2.75) is 24.2 Å².